The number of benzene rings is 2. The summed E-state index contributed by atoms with van der Waals surface area (Å²) in [5, 5.41) is 11.3. The number of aromatic nitrogens is 1. The maximum absolute atomic E-state index is 13.7. The van der Waals surface area contributed by atoms with E-state index in [0.717, 1.165) is 22.7 Å². The molecular weight excluding hydrogens is 499 g/mol. The van der Waals surface area contributed by atoms with Gasteiger partial charge in [0.25, 0.3) is 5.78 Å². The molecular formula is C27H25FN2O6S. The summed E-state index contributed by atoms with van der Waals surface area (Å²) in [5.74, 6) is -2.75. The summed E-state index contributed by atoms with van der Waals surface area (Å²) in [6.45, 7) is 5.94. The molecule has 0 unspecified atom stereocenters. The first-order valence-corrected chi connectivity index (χ1v) is 12.5. The van der Waals surface area contributed by atoms with E-state index in [-0.39, 0.29) is 22.2 Å². The maximum Gasteiger partial charge on any atom is 0.350 e. The number of hydrogen-bond acceptors (Lipinski definition) is 8. The zero-order chi connectivity index (χ0) is 26.7. The number of nitrogens with zero attached hydrogens (tertiary/aromatic N) is 2. The van der Waals surface area contributed by atoms with Crippen LogP contribution in [0.5, 0.6) is 5.75 Å². The monoisotopic (exact) mass is 524 g/mol. The summed E-state index contributed by atoms with van der Waals surface area (Å²) in [6, 6.07) is 10.6. The lowest BCUT2D eigenvalue weighted by molar-refractivity contribution is -0.132. The van der Waals surface area contributed by atoms with E-state index in [1.54, 1.807) is 38.1 Å². The maximum atomic E-state index is 13.7. The number of ketones is 1. The van der Waals surface area contributed by atoms with Gasteiger partial charge in [0.2, 0.25) is 0 Å². The number of carbonyl (C=O) groups is 3. The molecule has 2 heterocycles. The van der Waals surface area contributed by atoms with Crippen LogP contribution in [0.15, 0.2) is 54.1 Å². The van der Waals surface area contributed by atoms with Crippen molar-refractivity contribution in [2.24, 2.45) is 0 Å². The number of hydrogen-bond donors (Lipinski definition) is 1. The Kier molecular flexibility index (Phi) is 7.68. The van der Waals surface area contributed by atoms with E-state index in [2.05, 4.69) is 4.98 Å². The molecule has 0 spiro atoms. The zero-order valence-electron chi connectivity index (χ0n) is 20.5. The van der Waals surface area contributed by atoms with Gasteiger partial charge in [-0.1, -0.05) is 30.4 Å². The molecule has 37 heavy (non-hydrogen) atoms. The van der Waals surface area contributed by atoms with E-state index in [9.17, 15) is 23.9 Å². The highest BCUT2D eigenvalue weighted by atomic mass is 32.1. The average molecular weight is 525 g/mol. The van der Waals surface area contributed by atoms with Gasteiger partial charge in [-0.2, -0.15) is 0 Å². The summed E-state index contributed by atoms with van der Waals surface area (Å²) >= 11 is 0.904. The predicted octanol–water partition coefficient (Wildman–Crippen LogP) is 5.18. The molecule has 2 aromatic carbocycles. The van der Waals surface area contributed by atoms with E-state index in [1.165, 1.54) is 24.3 Å². The van der Waals surface area contributed by atoms with Gasteiger partial charge in [-0.15, -0.1) is 0 Å². The summed E-state index contributed by atoms with van der Waals surface area (Å²) < 4.78 is 24.4. The van der Waals surface area contributed by atoms with Gasteiger partial charge in [-0.25, -0.2) is 14.2 Å². The largest absolute Gasteiger partial charge is 0.507 e. The van der Waals surface area contributed by atoms with E-state index < -0.39 is 35.3 Å². The quantitative estimate of drug-likeness (QED) is 0.187. The molecule has 0 radical (unpaired) electrons. The number of amides is 1. The summed E-state index contributed by atoms with van der Waals surface area (Å²) in [4.78, 5) is 44.6. The first kappa shape index (κ1) is 26.0. The molecule has 0 aliphatic carbocycles. The SMILES string of the molecule is CCCOc1ccc(/C(O)=C2\C(=O)C(=O)N(c3nc(C)c(C(=O)OCC)s3)[C@H]2c2ccc(F)cc2)cc1. The summed E-state index contributed by atoms with van der Waals surface area (Å²) in [7, 11) is 0. The molecule has 1 fully saturated rings. The number of halogens is 1. The standard InChI is InChI=1S/C27H25FN2O6S/c1-4-14-36-19-12-8-17(9-13-19)22(31)20-21(16-6-10-18(28)11-7-16)30(25(33)23(20)32)27-29-15(3)24(37-27)26(34)35-5-2/h6-13,21,31H,4-5,14H2,1-3H3/b22-20+/t21-/m0/s1. The van der Waals surface area contributed by atoms with Crippen molar-refractivity contribution in [3.05, 3.63) is 81.6 Å². The highest BCUT2D eigenvalue weighted by Crippen LogP contribution is 2.44. The lowest BCUT2D eigenvalue weighted by atomic mass is 9.95. The second kappa shape index (κ2) is 10.9. The lowest BCUT2D eigenvalue weighted by Gasteiger charge is -2.23. The van der Waals surface area contributed by atoms with Gasteiger partial charge in [0.05, 0.1) is 30.5 Å². The normalized spacial score (nSPS) is 16.8. The Bertz CT molecular complexity index is 1360. The third-order valence-corrected chi connectivity index (χ3v) is 6.82. The summed E-state index contributed by atoms with van der Waals surface area (Å²) in [5.41, 5.74) is 0.845. The molecule has 3 aromatic rings. The number of carbonyl (C=O) groups excluding carboxylic acids is 3. The number of aliphatic hydroxyl groups is 1. The van der Waals surface area contributed by atoms with Gasteiger partial charge >= 0.3 is 11.9 Å². The van der Waals surface area contributed by atoms with Crippen LogP contribution in [-0.4, -0.2) is 41.0 Å². The van der Waals surface area contributed by atoms with Gasteiger partial charge in [-0.05, 0) is 62.2 Å². The molecule has 0 bridgehead atoms. The molecule has 0 saturated carbocycles. The van der Waals surface area contributed by atoms with Crippen LogP contribution >= 0.6 is 11.3 Å². The van der Waals surface area contributed by atoms with Crippen LogP contribution in [0.25, 0.3) is 5.76 Å². The fourth-order valence-corrected chi connectivity index (χ4v) is 4.93. The van der Waals surface area contributed by atoms with Crippen LogP contribution in [-0.2, 0) is 14.3 Å². The van der Waals surface area contributed by atoms with Crippen molar-refractivity contribution in [2.75, 3.05) is 18.1 Å². The number of anilines is 1. The number of aryl methyl sites for hydroxylation is 1. The third kappa shape index (κ3) is 5.10. The minimum atomic E-state index is -1.10. The second-order valence-corrected chi connectivity index (χ2v) is 9.20. The van der Waals surface area contributed by atoms with Crippen LogP contribution in [0.3, 0.4) is 0 Å². The van der Waals surface area contributed by atoms with E-state index in [4.69, 9.17) is 9.47 Å². The minimum Gasteiger partial charge on any atom is -0.507 e. The molecule has 1 amide bonds. The van der Waals surface area contributed by atoms with Gasteiger partial charge in [0, 0.05) is 5.56 Å². The summed E-state index contributed by atoms with van der Waals surface area (Å²) in [6.07, 6.45) is 0.830. The number of rotatable bonds is 8. The highest BCUT2D eigenvalue weighted by Gasteiger charge is 2.48. The lowest BCUT2D eigenvalue weighted by Crippen LogP contribution is -2.29. The van der Waals surface area contributed by atoms with Crippen LogP contribution < -0.4 is 9.64 Å². The first-order valence-electron chi connectivity index (χ1n) is 11.7. The number of aliphatic hydroxyl groups excluding tert-OH is 1. The van der Waals surface area contributed by atoms with Crippen LogP contribution in [0, 0.1) is 12.7 Å². The van der Waals surface area contributed by atoms with Crippen molar-refractivity contribution in [1.29, 1.82) is 0 Å². The van der Waals surface area contributed by atoms with E-state index >= 15 is 0 Å². The smallest absolute Gasteiger partial charge is 0.350 e. The van der Waals surface area contributed by atoms with Crippen molar-refractivity contribution in [2.45, 2.75) is 33.2 Å². The molecule has 10 heteroatoms. The van der Waals surface area contributed by atoms with Crippen LogP contribution in [0.4, 0.5) is 9.52 Å². The van der Waals surface area contributed by atoms with Crippen molar-refractivity contribution >= 4 is 39.9 Å². The van der Waals surface area contributed by atoms with Crippen molar-refractivity contribution in [3.8, 4) is 5.75 Å². The Balaban J connectivity index is 1.84. The third-order valence-electron chi connectivity index (χ3n) is 5.68. The molecule has 1 N–H and O–H groups in total. The van der Waals surface area contributed by atoms with Gasteiger partial charge < -0.3 is 14.6 Å². The van der Waals surface area contributed by atoms with Crippen molar-refractivity contribution < 1.29 is 33.4 Å². The molecule has 4 rings (SSSR count). The predicted molar refractivity (Wildman–Crippen MR) is 136 cm³/mol. The molecule has 8 nitrogen and oxygen atoms in total. The minimum absolute atomic E-state index is 0.0827. The number of esters is 1. The first-order chi connectivity index (χ1) is 17.8. The van der Waals surface area contributed by atoms with E-state index in [0.29, 0.717) is 29.2 Å². The van der Waals surface area contributed by atoms with Gasteiger partial charge in [-0.3, -0.25) is 14.5 Å². The fourth-order valence-electron chi connectivity index (χ4n) is 3.95. The molecule has 1 saturated heterocycles. The molecule has 1 aliphatic rings. The topological polar surface area (TPSA) is 106 Å². The van der Waals surface area contributed by atoms with E-state index in [1.807, 2.05) is 6.92 Å². The Hall–Kier alpha value is -4.05. The molecule has 192 valence electrons. The van der Waals surface area contributed by atoms with Gasteiger partial charge in [0.1, 0.15) is 22.2 Å². The zero-order valence-corrected chi connectivity index (χ0v) is 21.3. The Morgan fingerprint density at radius 2 is 1.78 bits per heavy atom. The number of Topliss-reactive ketones (excluding diaryl/α,β-unsaturated/α-hetero) is 1. The fraction of sp³-hybridized carbons (Fsp3) is 0.259. The Morgan fingerprint density at radius 1 is 1.11 bits per heavy atom. The van der Waals surface area contributed by atoms with Crippen LogP contribution in [0.1, 0.15) is 52.8 Å². The number of thiazole rings is 1. The molecule has 1 aliphatic heterocycles. The second-order valence-electron chi connectivity index (χ2n) is 8.22. The van der Waals surface area contributed by atoms with Crippen LogP contribution in [0.2, 0.25) is 0 Å². The van der Waals surface area contributed by atoms with Crippen molar-refractivity contribution in [1.82, 2.24) is 4.98 Å². The average Bonchev–Trinajstić information content (AvgIpc) is 3.40. The molecule has 1 atom stereocenters. The number of ether oxygens (including phenoxy) is 2. The van der Waals surface area contributed by atoms with Crippen molar-refractivity contribution in [3.63, 3.8) is 0 Å². The van der Waals surface area contributed by atoms with Gasteiger partial charge in [0.15, 0.2) is 5.13 Å². The highest BCUT2D eigenvalue weighted by molar-refractivity contribution is 7.17. The Labute approximate surface area is 217 Å². The molecule has 1 aromatic heterocycles. The Morgan fingerprint density at radius 3 is 2.41 bits per heavy atom.